The van der Waals surface area contributed by atoms with E-state index >= 15 is 0 Å². The van der Waals surface area contributed by atoms with Crippen LogP contribution in [0.2, 0.25) is 0 Å². The molecule has 0 radical (unpaired) electrons. The molecule has 0 amide bonds. The van der Waals surface area contributed by atoms with Gasteiger partial charge in [-0.15, -0.1) is 5.10 Å². The summed E-state index contributed by atoms with van der Waals surface area (Å²) in [6, 6.07) is 31.9. The molecule has 5 aromatic carbocycles. The van der Waals surface area contributed by atoms with Crippen molar-refractivity contribution in [2.75, 3.05) is 32.0 Å². The van der Waals surface area contributed by atoms with Gasteiger partial charge < -0.3 is 24.8 Å². The summed E-state index contributed by atoms with van der Waals surface area (Å²) >= 11 is 0. The molecule has 6 rings (SSSR count). The summed E-state index contributed by atoms with van der Waals surface area (Å²) < 4.78 is 17.7. The van der Waals surface area contributed by atoms with Crippen LogP contribution in [0.25, 0.3) is 21.5 Å². The van der Waals surface area contributed by atoms with Crippen LogP contribution in [0, 0.1) is 0 Å². The van der Waals surface area contributed by atoms with E-state index in [2.05, 4.69) is 69.2 Å². The van der Waals surface area contributed by atoms with Gasteiger partial charge in [0.05, 0.1) is 21.3 Å². The second-order valence-corrected chi connectivity index (χ2v) is 9.87. The average molecular weight is 574 g/mol. The minimum atomic E-state index is -0.412. The second kappa shape index (κ2) is 12.1. The highest BCUT2D eigenvalue weighted by atomic mass is 16.5. The number of nitrogens with one attached hydrogen (secondary N) is 2. The van der Waals surface area contributed by atoms with Crippen molar-refractivity contribution in [1.82, 2.24) is 14.8 Å². The quantitative estimate of drug-likeness (QED) is 0.191. The molecular formula is C34H31N5O4. The van der Waals surface area contributed by atoms with Crippen LogP contribution in [0.15, 0.2) is 97.1 Å². The van der Waals surface area contributed by atoms with E-state index in [0.29, 0.717) is 47.8 Å². The maximum atomic E-state index is 13.9. The van der Waals surface area contributed by atoms with Crippen molar-refractivity contribution in [1.29, 1.82) is 0 Å². The van der Waals surface area contributed by atoms with Crippen molar-refractivity contribution in [3.8, 4) is 17.2 Å². The minimum Gasteiger partial charge on any atom is -0.493 e. The number of nitrogens with zero attached hydrogens (tertiary/aromatic N) is 3. The van der Waals surface area contributed by atoms with Crippen molar-refractivity contribution in [2.45, 2.75) is 13.1 Å². The van der Waals surface area contributed by atoms with Gasteiger partial charge in [0.25, 0.3) is 5.91 Å². The highest BCUT2D eigenvalue weighted by Crippen LogP contribution is 2.38. The molecule has 216 valence electrons. The number of hydrogen-bond acceptors (Lipinski definition) is 8. The summed E-state index contributed by atoms with van der Waals surface area (Å²) in [6.07, 6.45) is 0. The number of carbonyl (C=O) groups excluding carboxylic acids is 1. The van der Waals surface area contributed by atoms with Gasteiger partial charge in [0.15, 0.2) is 11.5 Å². The molecule has 0 bridgehead atoms. The molecule has 1 aromatic heterocycles. The van der Waals surface area contributed by atoms with Crippen LogP contribution in [0.1, 0.15) is 21.5 Å². The fourth-order valence-electron chi connectivity index (χ4n) is 5.21. The van der Waals surface area contributed by atoms with Crippen molar-refractivity contribution < 1.29 is 19.0 Å². The first kappa shape index (κ1) is 27.6. The normalized spacial score (nSPS) is 11.0. The zero-order chi connectivity index (χ0) is 29.8. The largest absolute Gasteiger partial charge is 0.493 e. The number of carbonyl (C=O) groups is 1. The molecule has 43 heavy (non-hydrogen) atoms. The van der Waals surface area contributed by atoms with E-state index in [1.165, 1.54) is 26.0 Å². The third-order valence-corrected chi connectivity index (χ3v) is 7.34. The lowest BCUT2D eigenvalue weighted by Gasteiger charge is -2.14. The second-order valence-electron chi connectivity index (χ2n) is 9.87. The maximum absolute atomic E-state index is 13.9. The number of hydrogen-bond donors (Lipinski definition) is 2. The Morgan fingerprint density at radius 1 is 0.698 bits per heavy atom. The van der Waals surface area contributed by atoms with E-state index in [1.807, 2.05) is 36.4 Å². The van der Waals surface area contributed by atoms with E-state index in [-0.39, 0.29) is 0 Å². The van der Waals surface area contributed by atoms with Crippen molar-refractivity contribution in [3.05, 3.63) is 114 Å². The van der Waals surface area contributed by atoms with Gasteiger partial charge in [0.2, 0.25) is 17.6 Å². The lowest BCUT2D eigenvalue weighted by Crippen LogP contribution is -2.18. The van der Waals surface area contributed by atoms with Crippen LogP contribution in [-0.2, 0) is 13.1 Å². The zero-order valence-corrected chi connectivity index (χ0v) is 24.1. The standard InChI is InChI=1S/C34H31N5O4/c1-41-29-18-26(19-30(42-2)31(29)43-3)32(40)39-34(36-21-25-15-9-13-23-11-5-7-17-28(23)25)37-33(38-39)35-20-24-14-8-12-22-10-4-6-16-27(22)24/h4-19H,20-21H2,1-3H3,(H2,35,36,37,38). The Morgan fingerprint density at radius 2 is 1.23 bits per heavy atom. The van der Waals surface area contributed by atoms with Gasteiger partial charge in [-0.1, -0.05) is 84.9 Å². The van der Waals surface area contributed by atoms with Crippen LogP contribution in [0.5, 0.6) is 17.2 Å². The fraction of sp³-hybridized carbons (Fsp3) is 0.147. The Labute approximate surface area is 249 Å². The number of anilines is 2. The van der Waals surface area contributed by atoms with E-state index < -0.39 is 5.91 Å². The highest BCUT2D eigenvalue weighted by Gasteiger charge is 2.22. The average Bonchev–Trinajstić information content (AvgIpc) is 3.48. The number of fused-ring (bicyclic) bond motifs is 2. The Kier molecular flexibility index (Phi) is 7.78. The van der Waals surface area contributed by atoms with Gasteiger partial charge in [-0.25, -0.2) is 0 Å². The number of rotatable bonds is 10. The molecule has 2 N–H and O–H groups in total. The van der Waals surface area contributed by atoms with Gasteiger partial charge in [-0.05, 0) is 44.8 Å². The smallest absolute Gasteiger partial charge is 0.281 e. The van der Waals surface area contributed by atoms with Crippen molar-refractivity contribution in [2.24, 2.45) is 0 Å². The number of methoxy groups -OCH3 is 3. The van der Waals surface area contributed by atoms with Crippen molar-refractivity contribution in [3.63, 3.8) is 0 Å². The molecule has 0 saturated heterocycles. The lowest BCUT2D eigenvalue weighted by atomic mass is 10.0. The predicted octanol–water partition coefficient (Wildman–Crippen LogP) is 6.52. The van der Waals surface area contributed by atoms with Crippen LogP contribution in [0.3, 0.4) is 0 Å². The van der Waals surface area contributed by atoms with Gasteiger partial charge in [0, 0.05) is 18.7 Å². The monoisotopic (exact) mass is 573 g/mol. The summed E-state index contributed by atoms with van der Waals surface area (Å²) in [7, 11) is 4.53. The van der Waals surface area contributed by atoms with Gasteiger partial charge >= 0.3 is 0 Å². The van der Waals surface area contributed by atoms with Crippen LogP contribution in [0.4, 0.5) is 11.9 Å². The molecule has 0 aliphatic rings. The fourth-order valence-corrected chi connectivity index (χ4v) is 5.21. The molecule has 9 nitrogen and oxygen atoms in total. The third-order valence-electron chi connectivity index (χ3n) is 7.34. The van der Waals surface area contributed by atoms with Crippen molar-refractivity contribution >= 4 is 39.3 Å². The predicted molar refractivity (Wildman–Crippen MR) is 168 cm³/mol. The third kappa shape index (κ3) is 5.52. The van der Waals surface area contributed by atoms with Crippen LogP contribution >= 0.6 is 0 Å². The van der Waals surface area contributed by atoms with Gasteiger partial charge in [-0.3, -0.25) is 4.79 Å². The van der Waals surface area contributed by atoms with Crippen LogP contribution in [-0.4, -0.2) is 42.0 Å². The Morgan fingerprint density at radius 3 is 1.79 bits per heavy atom. The van der Waals surface area contributed by atoms with Gasteiger partial charge in [0.1, 0.15) is 0 Å². The molecule has 6 aromatic rings. The first-order valence-corrected chi connectivity index (χ1v) is 13.8. The topological polar surface area (TPSA) is 99.5 Å². The summed E-state index contributed by atoms with van der Waals surface area (Å²) in [6.45, 7) is 0.915. The van der Waals surface area contributed by atoms with E-state index in [0.717, 1.165) is 32.7 Å². The first-order valence-electron chi connectivity index (χ1n) is 13.8. The number of benzene rings is 5. The van der Waals surface area contributed by atoms with E-state index in [9.17, 15) is 4.79 Å². The molecule has 0 atom stereocenters. The SMILES string of the molecule is COc1cc(C(=O)n2nc(NCc3cccc4ccccc34)nc2NCc2cccc3ccccc23)cc(OC)c1OC. The zero-order valence-electron chi connectivity index (χ0n) is 24.1. The van der Waals surface area contributed by atoms with Crippen LogP contribution < -0.4 is 24.8 Å². The molecule has 9 heteroatoms. The summed E-state index contributed by atoms with van der Waals surface area (Å²) in [5, 5.41) is 15.8. The first-order chi connectivity index (χ1) is 21.1. The molecular weight excluding hydrogens is 542 g/mol. The highest BCUT2D eigenvalue weighted by molar-refractivity contribution is 5.98. The summed E-state index contributed by atoms with van der Waals surface area (Å²) in [5.41, 5.74) is 2.46. The molecule has 1 heterocycles. The maximum Gasteiger partial charge on any atom is 0.281 e. The van der Waals surface area contributed by atoms with E-state index in [4.69, 9.17) is 14.2 Å². The van der Waals surface area contributed by atoms with Gasteiger partial charge in [-0.2, -0.15) is 9.67 Å². The Bertz CT molecular complexity index is 1900. The number of aromatic nitrogens is 3. The molecule has 0 saturated carbocycles. The molecule has 0 aliphatic heterocycles. The molecule has 0 unspecified atom stereocenters. The van der Waals surface area contributed by atoms with E-state index in [1.54, 1.807) is 12.1 Å². The Balaban J connectivity index is 1.35. The molecule has 0 fully saturated rings. The lowest BCUT2D eigenvalue weighted by molar-refractivity contribution is 0.0946. The molecule has 0 aliphatic carbocycles. The Hall–Kier alpha value is -5.57. The number of ether oxygens (including phenoxy) is 3. The minimum absolute atomic E-state index is 0.298. The summed E-state index contributed by atoms with van der Waals surface area (Å²) in [5.74, 6) is 1.33. The summed E-state index contributed by atoms with van der Waals surface area (Å²) in [4.78, 5) is 18.6. The molecule has 0 spiro atoms.